The van der Waals surface area contributed by atoms with Gasteiger partial charge in [-0.25, -0.2) is 14.1 Å². The molecule has 3 N–H and O–H groups in total. The fraction of sp³-hybridized carbons (Fsp3) is 0.143. The normalized spacial score (nSPS) is 13.4. The van der Waals surface area contributed by atoms with Crippen LogP contribution in [0.3, 0.4) is 0 Å². The first-order chi connectivity index (χ1) is 18.1. The Hall–Kier alpha value is -4.11. The summed E-state index contributed by atoms with van der Waals surface area (Å²) in [6, 6.07) is 20.2. The summed E-state index contributed by atoms with van der Waals surface area (Å²) >= 11 is 6.11. The average molecular weight is 540 g/mol. The van der Waals surface area contributed by atoms with Crippen LogP contribution in [-0.2, 0) is 18.1 Å². The minimum atomic E-state index is -4.78. The number of fused-ring (bicyclic) bond motifs is 1. The van der Waals surface area contributed by atoms with Crippen molar-refractivity contribution in [2.75, 3.05) is 11.2 Å². The number of halogens is 5. The quantitative estimate of drug-likeness (QED) is 0.183. The van der Waals surface area contributed by atoms with Gasteiger partial charge in [0, 0.05) is 12.6 Å². The van der Waals surface area contributed by atoms with Crippen molar-refractivity contribution in [2.24, 2.45) is 0 Å². The number of aryl methyl sites for hydroxylation is 1. The van der Waals surface area contributed by atoms with Crippen LogP contribution in [0.2, 0.25) is 5.02 Å². The number of anilines is 1. The third kappa shape index (κ3) is 4.77. The second kappa shape index (κ2) is 9.64. The van der Waals surface area contributed by atoms with Gasteiger partial charge in [0.1, 0.15) is 11.4 Å². The molecule has 0 unspecified atom stereocenters. The number of hydrogen-bond donors (Lipinski definition) is 2. The highest BCUT2D eigenvalue weighted by Crippen LogP contribution is 2.40. The van der Waals surface area contributed by atoms with Gasteiger partial charge in [-0.1, -0.05) is 54.1 Å². The topological polar surface area (TPSA) is 68.8 Å². The second-order valence-corrected chi connectivity index (χ2v) is 9.47. The number of nitrogens with zero attached hydrogens (tertiary/aromatic N) is 3. The molecule has 38 heavy (non-hydrogen) atoms. The first-order valence-corrected chi connectivity index (χ1v) is 12.0. The highest BCUT2D eigenvalue weighted by Gasteiger charge is 2.41. The van der Waals surface area contributed by atoms with E-state index in [1.165, 1.54) is 10.9 Å². The molecule has 1 atom stereocenters. The van der Waals surface area contributed by atoms with E-state index in [1.807, 2.05) is 49.4 Å². The molecule has 10 heteroatoms. The van der Waals surface area contributed by atoms with E-state index in [-0.39, 0.29) is 17.9 Å². The Balaban J connectivity index is 1.81. The van der Waals surface area contributed by atoms with Crippen molar-refractivity contribution in [3.8, 4) is 0 Å². The van der Waals surface area contributed by atoms with Crippen molar-refractivity contribution in [3.63, 3.8) is 0 Å². The Morgan fingerprint density at radius 2 is 1.68 bits per heavy atom. The summed E-state index contributed by atoms with van der Waals surface area (Å²) in [5.41, 5.74) is 0.476. The summed E-state index contributed by atoms with van der Waals surface area (Å²) in [6.07, 6.45) is -3.30. The molecule has 0 spiro atoms. The first-order valence-electron chi connectivity index (χ1n) is 11.6. The van der Waals surface area contributed by atoms with Gasteiger partial charge in [0.05, 0.1) is 27.3 Å². The standard InChI is InChI=1S/C28H22ClF4N5/c1-17-6-5-9-23-25(17)38(34)26(36-23)37-27(15-18-7-3-2-4-8-18,24-11-10-21(29)16-35-24)19-12-20(28(31,32)33)14-22(30)13-19/h2-14,16H,15,34H2,1H3,(H,36,37)/t27-/m1/s1. The van der Waals surface area contributed by atoms with Crippen LogP contribution in [0, 0.1) is 12.7 Å². The van der Waals surface area contributed by atoms with Crippen molar-refractivity contribution in [3.05, 3.63) is 124 Å². The molecule has 194 valence electrons. The lowest BCUT2D eigenvalue weighted by molar-refractivity contribution is -0.137. The summed E-state index contributed by atoms with van der Waals surface area (Å²) in [5.74, 6) is 5.57. The lowest BCUT2D eigenvalue weighted by Gasteiger charge is -2.36. The highest BCUT2D eigenvalue weighted by atomic mass is 35.5. The third-order valence-corrected chi connectivity index (χ3v) is 6.66. The van der Waals surface area contributed by atoms with E-state index < -0.39 is 23.1 Å². The van der Waals surface area contributed by atoms with Crippen molar-refractivity contribution in [2.45, 2.75) is 25.1 Å². The molecule has 0 amide bonds. The molecule has 0 fully saturated rings. The van der Waals surface area contributed by atoms with Crippen LogP contribution in [0.25, 0.3) is 11.0 Å². The van der Waals surface area contributed by atoms with Gasteiger partial charge in [0.2, 0.25) is 5.95 Å². The van der Waals surface area contributed by atoms with Crippen LogP contribution in [0.5, 0.6) is 0 Å². The number of nitrogens with two attached hydrogens (primary N) is 1. The molecule has 0 radical (unpaired) electrons. The summed E-state index contributed by atoms with van der Waals surface area (Å²) in [5, 5.41) is 3.60. The zero-order chi connectivity index (χ0) is 27.1. The number of aromatic nitrogens is 3. The Bertz CT molecular complexity index is 1600. The zero-order valence-corrected chi connectivity index (χ0v) is 20.9. The van der Waals surface area contributed by atoms with Crippen LogP contribution >= 0.6 is 11.6 Å². The number of nitrogen functional groups attached to an aromatic ring is 1. The van der Waals surface area contributed by atoms with E-state index in [2.05, 4.69) is 15.3 Å². The van der Waals surface area contributed by atoms with E-state index in [1.54, 1.807) is 18.2 Å². The van der Waals surface area contributed by atoms with Crippen LogP contribution < -0.4 is 11.2 Å². The number of para-hydroxylation sites is 1. The largest absolute Gasteiger partial charge is 0.416 e. The van der Waals surface area contributed by atoms with E-state index >= 15 is 0 Å². The summed E-state index contributed by atoms with van der Waals surface area (Å²) in [6.45, 7) is 1.87. The summed E-state index contributed by atoms with van der Waals surface area (Å²) < 4.78 is 57.7. The predicted molar refractivity (Wildman–Crippen MR) is 140 cm³/mol. The van der Waals surface area contributed by atoms with Crippen LogP contribution in [0.4, 0.5) is 23.5 Å². The number of benzene rings is 3. The Morgan fingerprint density at radius 1 is 0.947 bits per heavy atom. The molecule has 0 saturated heterocycles. The molecule has 2 aromatic heterocycles. The van der Waals surface area contributed by atoms with E-state index in [0.29, 0.717) is 27.8 Å². The molecule has 2 heterocycles. The van der Waals surface area contributed by atoms with Gasteiger partial charge in [-0.3, -0.25) is 4.98 Å². The maximum atomic E-state index is 14.8. The molecule has 5 nitrogen and oxygen atoms in total. The van der Waals surface area contributed by atoms with E-state index in [9.17, 15) is 17.6 Å². The summed E-state index contributed by atoms with van der Waals surface area (Å²) in [4.78, 5) is 9.08. The van der Waals surface area contributed by atoms with E-state index in [4.69, 9.17) is 17.4 Å². The van der Waals surface area contributed by atoms with Crippen molar-refractivity contribution < 1.29 is 17.6 Å². The number of nitrogens with one attached hydrogen (secondary N) is 1. The second-order valence-electron chi connectivity index (χ2n) is 9.03. The minimum absolute atomic E-state index is 0.00715. The number of alkyl halides is 3. The van der Waals surface area contributed by atoms with Gasteiger partial charge >= 0.3 is 6.18 Å². The molecule has 5 rings (SSSR count). The zero-order valence-electron chi connectivity index (χ0n) is 20.1. The Labute approximate surface area is 220 Å². The maximum absolute atomic E-state index is 14.8. The van der Waals surface area contributed by atoms with Gasteiger partial charge in [-0.05, 0) is 60.0 Å². The fourth-order valence-corrected chi connectivity index (χ4v) is 4.76. The Morgan fingerprint density at radius 3 is 2.34 bits per heavy atom. The van der Waals surface area contributed by atoms with Crippen molar-refractivity contribution in [1.29, 1.82) is 0 Å². The molecule has 0 bridgehead atoms. The molecule has 5 aromatic rings. The maximum Gasteiger partial charge on any atom is 0.416 e. The van der Waals surface area contributed by atoms with Crippen LogP contribution in [0.15, 0.2) is 85.1 Å². The third-order valence-electron chi connectivity index (χ3n) is 6.43. The molecule has 0 aliphatic carbocycles. The SMILES string of the molecule is Cc1cccc2nc(N[C@](Cc3ccccc3)(c3cc(F)cc(C(F)(F)F)c3)c3ccc(Cl)cn3)n(N)c12. The van der Waals surface area contributed by atoms with Crippen molar-refractivity contribution >= 4 is 28.6 Å². The first kappa shape index (κ1) is 25.5. The molecule has 0 aliphatic heterocycles. The van der Waals surface area contributed by atoms with Crippen molar-refractivity contribution in [1.82, 2.24) is 14.6 Å². The minimum Gasteiger partial charge on any atom is -0.339 e. The molecule has 0 saturated carbocycles. The monoisotopic (exact) mass is 539 g/mol. The van der Waals surface area contributed by atoms with Gasteiger partial charge in [-0.2, -0.15) is 13.2 Å². The highest BCUT2D eigenvalue weighted by molar-refractivity contribution is 6.30. The predicted octanol–water partition coefficient (Wildman–Crippen LogP) is 6.86. The lowest BCUT2D eigenvalue weighted by Crippen LogP contribution is -2.41. The number of pyridine rings is 1. The number of rotatable bonds is 6. The van der Waals surface area contributed by atoms with Crippen LogP contribution in [0.1, 0.15) is 27.9 Å². The lowest BCUT2D eigenvalue weighted by atomic mass is 9.80. The molecule has 0 aliphatic rings. The van der Waals surface area contributed by atoms with Crippen LogP contribution in [-0.4, -0.2) is 14.6 Å². The summed E-state index contributed by atoms with van der Waals surface area (Å²) in [7, 11) is 0. The van der Waals surface area contributed by atoms with Gasteiger partial charge in [-0.15, -0.1) is 0 Å². The van der Waals surface area contributed by atoms with Gasteiger partial charge in [0.25, 0.3) is 0 Å². The molecular formula is C28H22ClF4N5. The fourth-order valence-electron chi connectivity index (χ4n) is 4.65. The Kier molecular flexibility index (Phi) is 6.48. The van der Waals surface area contributed by atoms with E-state index in [0.717, 1.165) is 23.3 Å². The molecular weight excluding hydrogens is 518 g/mol. The number of imidazole rings is 1. The van der Waals surface area contributed by atoms with Gasteiger partial charge in [0.15, 0.2) is 0 Å². The molecule has 3 aromatic carbocycles. The smallest absolute Gasteiger partial charge is 0.339 e. The average Bonchev–Trinajstić information content (AvgIpc) is 3.19. The van der Waals surface area contributed by atoms with Gasteiger partial charge < -0.3 is 11.2 Å². The number of hydrogen-bond acceptors (Lipinski definition) is 4.